The minimum atomic E-state index is 0.449. The monoisotopic (exact) mass is 303 g/mol. The molecule has 2 aromatic heterocycles. The van der Waals surface area contributed by atoms with Crippen LogP contribution in [0.15, 0.2) is 41.1 Å². The first-order valence-corrected chi connectivity index (χ1v) is 6.86. The largest absolute Gasteiger partial charge is 0.439 e. The summed E-state index contributed by atoms with van der Waals surface area (Å²) in [5.41, 5.74) is 1.81. The van der Waals surface area contributed by atoms with Crippen LogP contribution in [0.1, 0.15) is 11.6 Å². The minimum absolute atomic E-state index is 0.449. The van der Waals surface area contributed by atoms with Crippen molar-refractivity contribution in [3.8, 4) is 11.3 Å². The van der Waals surface area contributed by atoms with Crippen molar-refractivity contribution in [3.63, 3.8) is 0 Å². The van der Waals surface area contributed by atoms with Gasteiger partial charge in [0.05, 0.1) is 18.1 Å². The van der Waals surface area contributed by atoms with Crippen molar-refractivity contribution in [1.29, 1.82) is 0 Å². The number of halogens is 1. The highest BCUT2D eigenvalue weighted by Crippen LogP contribution is 2.22. The third kappa shape index (κ3) is 3.29. The molecule has 0 unspecified atom stereocenters. The molecule has 2 heterocycles. The summed E-state index contributed by atoms with van der Waals surface area (Å²) < 4.78 is 7.42. The van der Waals surface area contributed by atoms with E-state index in [0.29, 0.717) is 29.8 Å². The molecule has 108 valence electrons. The normalized spacial score (nSPS) is 11.0. The molecule has 0 saturated heterocycles. The van der Waals surface area contributed by atoms with E-state index in [0.717, 1.165) is 11.3 Å². The summed E-state index contributed by atoms with van der Waals surface area (Å²) in [6.45, 7) is 1.13. The molecular weight excluding hydrogens is 290 g/mol. The molecule has 21 heavy (non-hydrogen) atoms. The lowest BCUT2D eigenvalue weighted by atomic mass is 10.2. The van der Waals surface area contributed by atoms with Crippen molar-refractivity contribution in [3.05, 3.63) is 53.3 Å². The van der Waals surface area contributed by atoms with Gasteiger partial charge in [0.2, 0.25) is 5.89 Å². The number of hydrogen-bond acceptors (Lipinski definition) is 5. The summed E-state index contributed by atoms with van der Waals surface area (Å²) in [5.74, 6) is 1.29. The van der Waals surface area contributed by atoms with E-state index in [1.165, 1.54) is 0 Å². The predicted molar refractivity (Wildman–Crippen MR) is 78.8 cm³/mol. The minimum Gasteiger partial charge on any atom is -0.439 e. The van der Waals surface area contributed by atoms with E-state index < -0.39 is 0 Å². The lowest BCUT2D eigenvalue weighted by Gasteiger charge is -1.97. The number of aromatic nitrogens is 4. The second-order valence-corrected chi connectivity index (χ2v) is 5.00. The van der Waals surface area contributed by atoms with Crippen LogP contribution < -0.4 is 5.32 Å². The van der Waals surface area contributed by atoms with Crippen molar-refractivity contribution < 1.29 is 4.42 Å². The molecule has 0 fully saturated rings. The zero-order valence-corrected chi connectivity index (χ0v) is 12.2. The maximum Gasteiger partial charge on any atom is 0.216 e. The molecule has 0 amide bonds. The first-order valence-electron chi connectivity index (χ1n) is 6.49. The molecule has 0 aliphatic rings. The summed E-state index contributed by atoms with van der Waals surface area (Å²) in [6, 6.07) is 7.43. The zero-order chi connectivity index (χ0) is 14.7. The standard InChI is InChI=1S/C14H14ClN5O/c1-16-6-12-8-20(19-18-12)9-14-17-7-13(21-14)10-2-4-11(15)5-3-10/h2-5,7-8,16H,6,9H2,1H3. The van der Waals surface area contributed by atoms with Crippen LogP contribution in [0.5, 0.6) is 0 Å². The van der Waals surface area contributed by atoms with Crippen LogP contribution in [-0.4, -0.2) is 27.0 Å². The van der Waals surface area contributed by atoms with Crippen molar-refractivity contribution in [2.24, 2.45) is 0 Å². The summed E-state index contributed by atoms with van der Waals surface area (Å²) in [4.78, 5) is 4.26. The van der Waals surface area contributed by atoms with Crippen LogP contribution in [0.4, 0.5) is 0 Å². The summed E-state index contributed by atoms with van der Waals surface area (Å²) in [7, 11) is 1.87. The molecule has 7 heteroatoms. The van der Waals surface area contributed by atoms with Gasteiger partial charge in [0, 0.05) is 17.1 Å². The van der Waals surface area contributed by atoms with Crippen LogP contribution in [-0.2, 0) is 13.1 Å². The van der Waals surface area contributed by atoms with Crippen molar-refractivity contribution in [2.75, 3.05) is 7.05 Å². The Morgan fingerprint density at radius 3 is 2.86 bits per heavy atom. The molecule has 6 nitrogen and oxygen atoms in total. The maximum absolute atomic E-state index is 5.87. The lowest BCUT2D eigenvalue weighted by Crippen LogP contribution is -2.05. The summed E-state index contributed by atoms with van der Waals surface area (Å²) in [6.07, 6.45) is 3.56. The second-order valence-electron chi connectivity index (χ2n) is 4.56. The molecule has 0 aliphatic carbocycles. The van der Waals surface area contributed by atoms with Gasteiger partial charge in [-0.1, -0.05) is 16.8 Å². The SMILES string of the molecule is CNCc1cn(Cc2ncc(-c3ccc(Cl)cc3)o2)nn1. The molecule has 3 rings (SSSR count). The summed E-state index contributed by atoms with van der Waals surface area (Å²) >= 11 is 5.87. The predicted octanol–water partition coefficient (Wildman–Crippen LogP) is 2.35. The fourth-order valence-electron chi connectivity index (χ4n) is 1.95. The van der Waals surface area contributed by atoms with Gasteiger partial charge in [-0.15, -0.1) is 5.10 Å². The molecule has 0 atom stereocenters. The van der Waals surface area contributed by atoms with Gasteiger partial charge in [-0.3, -0.25) is 0 Å². The van der Waals surface area contributed by atoms with Crippen molar-refractivity contribution >= 4 is 11.6 Å². The highest BCUT2D eigenvalue weighted by atomic mass is 35.5. The Morgan fingerprint density at radius 1 is 1.29 bits per heavy atom. The average Bonchev–Trinajstić information content (AvgIpc) is 3.11. The van der Waals surface area contributed by atoms with Crippen molar-refractivity contribution in [1.82, 2.24) is 25.3 Å². The van der Waals surface area contributed by atoms with Crippen molar-refractivity contribution in [2.45, 2.75) is 13.1 Å². The fraction of sp³-hybridized carbons (Fsp3) is 0.214. The number of benzene rings is 1. The van der Waals surface area contributed by atoms with E-state index in [-0.39, 0.29) is 0 Å². The first-order chi connectivity index (χ1) is 10.2. The van der Waals surface area contributed by atoms with Crippen LogP contribution in [0.25, 0.3) is 11.3 Å². The quantitative estimate of drug-likeness (QED) is 0.783. The Morgan fingerprint density at radius 2 is 2.10 bits per heavy atom. The molecule has 0 saturated carbocycles. The number of nitrogens with one attached hydrogen (secondary N) is 1. The van der Waals surface area contributed by atoms with Gasteiger partial charge in [0.15, 0.2) is 5.76 Å². The zero-order valence-electron chi connectivity index (χ0n) is 11.5. The Labute approximate surface area is 126 Å². The Kier molecular flexibility index (Phi) is 3.98. The number of oxazole rings is 1. The van der Waals surface area contributed by atoms with Gasteiger partial charge < -0.3 is 9.73 Å². The van der Waals surface area contributed by atoms with Crippen LogP contribution in [0.2, 0.25) is 5.02 Å². The second kappa shape index (κ2) is 6.07. The highest BCUT2D eigenvalue weighted by Gasteiger charge is 2.08. The smallest absolute Gasteiger partial charge is 0.216 e. The maximum atomic E-state index is 5.87. The molecular formula is C14H14ClN5O. The van der Waals surface area contributed by atoms with Crippen LogP contribution >= 0.6 is 11.6 Å². The van der Waals surface area contributed by atoms with Gasteiger partial charge in [0.1, 0.15) is 6.54 Å². The molecule has 3 aromatic rings. The van der Waals surface area contributed by atoms with Gasteiger partial charge in [-0.05, 0) is 31.3 Å². The number of rotatable bonds is 5. The van der Waals surface area contributed by atoms with Gasteiger partial charge in [-0.25, -0.2) is 9.67 Å². The molecule has 0 aliphatic heterocycles. The molecule has 1 N–H and O–H groups in total. The topological polar surface area (TPSA) is 68.8 Å². The van der Waals surface area contributed by atoms with E-state index in [1.54, 1.807) is 10.9 Å². The van der Waals surface area contributed by atoms with E-state index in [2.05, 4.69) is 20.6 Å². The van der Waals surface area contributed by atoms with E-state index in [4.69, 9.17) is 16.0 Å². The van der Waals surface area contributed by atoms with E-state index in [9.17, 15) is 0 Å². The number of hydrogen-bond donors (Lipinski definition) is 1. The third-order valence-corrected chi connectivity index (χ3v) is 3.18. The molecule has 1 aromatic carbocycles. The van der Waals surface area contributed by atoms with E-state index >= 15 is 0 Å². The highest BCUT2D eigenvalue weighted by molar-refractivity contribution is 6.30. The average molecular weight is 304 g/mol. The van der Waals surface area contributed by atoms with Crippen LogP contribution in [0.3, 0.4) is 0 Å². The fourth-order valence-corrected chi connectivity index (χ4v) is 2.07. The lowest BCUT2D eigenvalue weighted by molar-refractivity contribution is 0.469. The van der Waals surface area contributed by atoms with Gasteiger partial charge in [-0.2, -0.15) is 0 Å². The number of nitrogens with zero attached hydrogens (tertiary/aromatic N) is 4. The third-order valence-electron chi connectivity index (χ3n) is 2.92. The Balaban J connectivity index is 1.73. The molecule has 0 spiro atoms. The van der Waals surface area contributed by atoms with E-state index in [1.807, 2.05) is 37.5 Å². The molecule has 0 radical (unpaired) electrons. The molecule has 0 bridgehead atoms. The summed E-state index contributed by atoms with van der Waals surface area (Å²) in [5, 5.41) is 11.8. The van der Waals surface area contributed by atoms with Gasteiger partial charge >= 0.3 is 0 Å². The van der Waals surface area contributed by atoms with Crippen LogP contribution in [0, 0.1) is 0 Å². The first kappa shape index (κ1) is 13.8. The van der Waals surface area contributed by atoms with Gasteiger partial charge in [0.25, 0.3) is 0 Å². The Hall–Kier alpha value is -2.18. The Bertz CT molecular complexity index is 719.